The van der Waals surface area contributed by atoms with Gasteiger partial charge in [-0.15, -0.1) is 0 Å². The Hall–Kier alpha value is -1.89. The smallest absolute Gasteiger partial charge is 0.237 e. The van der Waals surface area contributed by atoms with Gasteiger partial charge < -0.3 is 10.2 Å². The largest absolute Gasteiger partial charge is 0.351 e. The molecule has 1 heterocycles. The Morgan fingerprint density at radius 3 is 2.48 bits per heavy atom. The molecule has 0 aromatic heterocycles. The Labute approximate surface area is 149 Å². The average Bonchev–Trinajstić information content (AvgIpc) is 2.92. The first-order valence-corrected chi connectivity index (χ1v) is 10.2. The molecule has 2 amide bonds. The van der Waals surface area contributed by atoms with Gasteiger partial charge in [0.1, 0.15) is 5.41 Å². The Morgan fingerprint density at radius 1 is 1.28 bits per heavy atom. The summed E-state index contributed by atoms with van der Waals surface area (Å²) in [5, 5.41) is 2.82. The number of aryl methyl sites for hydroxylation is 1. The van der Waals surface area contributed by atoms with Gasteiger partial charge in [0, 0.05) is 19.6 Å². The summed E-state index contributed by atoms with van der Waals surface area (Å²) in [6.45, 7) is 5.46. The van der Waals surface area contributed by atoms with Crippen LogP contribution in [-0.4, -0.2) is 49.7 Å². The lowest BCUT2D eigenvalue weighted by Gasteiger charge is -2.31. The van der Waals surface area contributed by atoms with E-state index in [2.05, 4.69) is 5.32 Å². The molecule has 1 aliphatic heterocycles. The molecule has 0 spiro atoms. The van der Waals surface area contributed by atoms with Crippen LogP contribution in [0.2, 0.25) is 0 Å². The highest BCUT2D eigenvalue weighted by Gasteiger charge is 2.42. The molecule has 1 aromatic carbocycles. The van der Waals surface area contributed by atoms with Crippen molar-refractivity contribution >= 4 is 21.7 Å². The summed E-state index contributed by atoms with van der Waals surface area (Å²) in [6, 6.07) is 7.37. The number of nitrogens with zero attached hydrogens (tertiary/aromatic N) is 1. The van der Waals surface area contributed by atoms with Crippen LogP contribution >= 0.6 is 0 Å². The number of nitrogens with one attached hydrogen (secondary N) is 1. The van der Waals surface area contributed by atoms with Crippen molar-refractivity contribution < 1.29 is 18.0 Å². The van der Waals surface area contributed by atoms with Crippen molar-refractivity contribution in [3.8, 4) is 0 Å². The summed E-state index contributed by atoms with van der Waals surface area (Å²) < 4.78 is 23.3. The number of carbonyl (C=O) groups is 2. The molecule has 1 N–H and O–H groups in total. The summed E-state index contributed by atoms with van der Waals surface area (Å²) >= 11 is 0. The lowest BCUT2D eigenvalue weighted by molar-refractivity contribution is -0.148. The summed E-state index contributed by atoms with van der Waals surface area (Å²) in [7, 11) is -1.51. The highest BCUT2D eigenvalue weighted by Crippen LogP contribution is 2.24. The summed E-state index contributed by atoms with van der Waals surface area (Å²) in [5.41, 5.74) is 0.804. The van der Waals surface area contributed by atoms with Crippen LogP contribution in [0, 0.1) is 12.3 Å². The van der Waals surface area contributed by atoms with Gasteiger partial charge in [-0.2, -0.15) is 0 Å². The summed E-state index contributed by atoms with van der Waals surface area (Å²) in [6.07, 6.45) is 0.422. The van der Waals surface area contributed by atoms with Gasteiger partial charge in [-0.25, -0.2) is 8.42 Å². The topological polar surface area (TPSA) is 83.6 Å². The van der Waals surface area contributed by atoms with Gasteiger partial charge in [0.2, 0.25) is 11.8 Å². The molecule has 0 bridgehead atoms. The highest BCUT2D eigenvalue weighted by molar-refractivity contribution is 7.91. The quantitative estimate of drug-likeness (QED) is 0.796. The van der Waals surface area contributed by atoms with Gasteiger partial charge in [0.05, 0.1) is 11.5 Å². The Balaban J connectivity index is 2.02. The summed E-state index contributed by atoms with van der Waals surface area (Å²) in [5.74, 6) is -0.670. The van der Waals surface area contributed by atoms with E-state index >= 15 is 0 Å². The monoisotopic (exact) mass is 366 g/mol. The zero-order valence-electron chi connectivity index (χ0n) is 15.2. The molecular weight excluding hydrogens is 340 g/mol. The van der Waals surface area contributed by atoms with Crippen LogP contribution in [0.4, 0.5) is 0 Å². The molecule has 1 unspecified atom stereocenters. The van der Waals surface area contributed by atoms with Gasteiger partial charge in [0.15, 0.2) is 9.84 Å². The minimum atomic E-state index is -3.09. The Bertz CT molecular complexity index is 771. The first-order chi connectivity index (χ1) is 11.5. The maximum atomic E-state index is 12.8. The number of rotatable bonds is 5. The van der Waals surface area contributed by atoms with Crippen molar-refractivity contribution in [3.05, 3.63) is 35.4 Å². The van der Waals surface area contributed by atoms with Gasteiger partial charge in [-0.3, -0.25) is 9.59 Å². The van der Waals surface area contributed by atoms with Crippen molar-refractivity contribution in [2.24, 2.45) is 5.41 Å². The molecule has 0 aliphatic carbocycles. The molecule has 138 valence electrons. The molecule has 2 rings (SSSR count). The van der Waals surface area contributed by atoms with Crippen LogP contribution in [0.1, 0.15) is 31.4 Å². The first-order valence-electron chi connectivity index (χ1n) is 8.35. The van der Waals surface area contributed by atoms with Crippen molar-refractivity contribution in [1.82, 2.24) is 10.2 Å². The Kier molecular flexibility index (Phi) is 5.56. The van der Waals surface area contributed by atoms with Crippen LogP contribution in [0.5, 0.6) is 0 Å². The third-order valence-corrected chi connectivity index (χ3v) is 6.63. The van der Waals surface area contributed by atoms with Gasteiger partial charge >= 0.3 is 0 Å². The van der Waals surface area contributed by atoms with Gasteiger partial charge in [-0.1, -0.05) is 24.3 Å². The van der Waals surface area contributed by atoms with E-state index in [4.69, 9.17) is 0 Å². The minimum absolute atomic E-state index is 0.0316. The number of benzene rings is 1. The Morgan fingerprint density at radius 2 is 1.92 bits per heavy atom. The lowest BCUT2D eigenvalue weighted by atomic mass is 9.89. The van der Waals surface area contributed by atoms with Crippen molar-refractivity contribution in [2.75, 3.05) is 18.6 Å². The van der Waals surface area contributed by atoms with E-state index in [1.54, 1.807) is 20.9 Å². The molecule has 1 aromatic rings. The van der Waals surface area contributed by atoms with E-state index in [0.29, 0.717) is 13.0 Å². The minimum Gasteiger partial charge on any atom is -0.351 e. The molecule has 0 radical (unpaired) electrons. The maximum absolute atomic E-state index is 12.8. The first kappa shape index (κ1) is 19.4. The second kappa shape index (κ2) is 7.15. The molecule has 7 heteroatoms. The SMILES string of the molecule is Cc1ccccc1CNC(=O)C(C)(C)C(=O)N(C)C1CCS(=O)(=O)C1. The van der Waals surface area contributed by atoms with Crippen LogP contribution in [-0.2, 0) is 26.0 Å². The molecule has 1 atom stereocenters. The fourth-order valence-corrected chi connectivity index (χ4v) is 4.76. The highest BCUT2D eigenvalue weighted by atomic mass is 32.2. The van der Waals surface area contributed by atoms with E-state index in [-0.39, 0.29) is 29.4 Å². The molecule has 25 heavy (non-hydrogen) atoms. The van der Waals surface area contributed by atoms with E-state index in [1.807, 2.05) is 31.2 Å². The van der Waals surface area contributed by atoms with Crippen molar-refractivity contribution in [1.29, 1.82) is 0 Å². The fraction of sp³-hybridized carbons (Fsp3) is 0.556. The second-order valence-corrected chi connectivity index (χ2v) is 9.44. The van der Waals surface area contributed by atoms with Crippen LogP contribution < -0.4 is 5.32 Å². The predicted octanol–water partition coefficient (Wildman–Crippen LogP) is 1.28. The molecular formula is C18H26N2O4S. The van der Waals surface area contributed by atoms with E-state index in [9.17, 15) is 18.0 Å². The van der Waals surface area contributed by atoms with Crippen molar-refractivity contribution in [2.45, 2.75) is 39.8 Å². The number of carbonyl (C=O) groups excluding carboxylic acids is 2. The summed E-state index contributed by atoms with van der Waals surface area (Å²) in [4.78, 5) is 26.7. The van der Waals surface area contributed by atoms with E-state index in [0.717, 1.165) is 11.1 Å². The van der Waals surface area contributed by atoms with Crippen molar-refractivity contribution in [3.63, 3.8) is 0 Å². The van der Waals surface area contributed by atoms with Crippen LogP contribution in [0.15, 0.2) is 24.3 Å². The molecule has 1 saturated heterocycles. The average molecular weight is 366 g/mol. The van der Waals surface area contributed by atoms with Crippen LogP contribution in [0.3, 0.4) is 0 Å². The van der Waals surface area contributed by atoms with E-state index in [1.165, 1.54) is 4.90 Å². The van der Waals surface area contributed by atoms with Gasteiger partial charge in [-0.05, 0) is 38.3 Å². The number of amides is 2. The number of sulfone groups is 1. The third-order valence-electron chi connectivity index (χ3n) is 4.88. The molecule has 0 saturated carbocycles. The number of hydrogen-bond acceptors (Lipinski definition) is 4. The standard InChI is InChI=1S/C18H26N2O4S/c1-13-7-5-6-8-14(13)11-19-16(21)18(2,3)17(22)20(4)15-9-10-25(23,24)12-15/h5-8,15H,9-12H2,1-4H3,(H,19,21). The lowest BCUT2D eigenvalue weighted by Crippen LogP contribution is -2.51. The third kappa shape index (κ3) is 4.39. The molecule has 1 fully saturated rings. The molecule has 6 nitrogen and oxygen atoms in total. The van der Waals surface area contributed by atoms with Gasteiger partial charge in [0.25, 0.3) is 0 Å². The van der Waals surface area contributed by atoms with E-state index < -0.39 is 15.3 Å². The molecule has 1 aliphatic rings. The maximum Gasteiger partial charge on any atom is 0.237 e. The second-order valence-electron chi connectivity index (χ2n) is 7.21. The fourth-order valence-electron chi connectivity index (χ4n) is 2.99. The van der Waals surface area contributed by atoms with Crippen LogP contribution in [0.25, 0.3) is 0 Å². The zero-order chi connectivity index (χ0) is 18.8. The zero-order valence-corrected chi connectivity index (χ0v) is 16.0. The number of hydrogen-bond donors (Lipinski definition) is 1. The normalized spacial score (nSPS) is 19.4. The predicted molar refractivity (Wildman–Crippen MR) is 96.6 cm³/mol.